The second kappa shape index (κ2) is 6.41. The Bertz CT molecular complexity index is 823. The number of hydrogen-bond acceptors (Lipinski definition) is 2. The van der Waals surface area contributed by atoms with E-state index in [4.69, 9.17) is 0 Å². The Hall–Kier alpha value is -1.99. The molecule has 0 aliphatic heterocycles. The number of H-pyrrole nitrogens is 1. The molecular weight excluding hydrogens is 369 g/mol. The lowest BCUT2D eigenvalue weighted by molar-refractivity contribution is 0.625. The lowest BCUT2D eigenvalue weighted by Gasteiger charge is -2.04. The molecule has 2 N–H and O–H groups in total. The van der Waals surface area contributed by atoms with E-state index in [9.17, 15) is 8.60 Å². The first-order valence-corrected chi connectivity index (χ1v) is 8.31. The average Bonchev–Trinajstić information content (AvgIpc) is 3.01. The van der Waals surface area contributed by atoms with Crippen molar-refractivity contribution >= 4 is 32.7 Å². The third-order valence-electron chi connectivity index (χ3n) is 2.95. The predicted octanol–water partition coefficient (Wildman–Crippen LogP) is 4.11. The van der Waals surface area contributed by atoms with Gasteiger partial charge in [0.25, 0.3) is 0 Å². The van der Waals surface area contributed by atoms with Crippen LogP contribution in [0, 0.1) is 5.82 Å². The molecule has 4 nitrogen and oxygen atoms in total. The molecule has 1 aromatic carbocycles. The molecule has 0 amide bonds. The molecule has 112 valence electrons. The Kier molecular flexibility index (Phi) is 4.35. The molecule has 0 spiro atoms. The van der Waals surface area contributed by atoms with Crippen molar-refractivity contribution in [2.75, 3.05) is 4.72 Å². The standard InChI is InChI=1S/C15H11BrFN3OS/c16-11-6-13(17)15(19-8-11)20-22(21)12-7-14(18-9-12)10-4-2-1-3-5-10/h1-9,18H,(H,19,20). The summed E-state index contributed by atoms with van der Waals surface area (Å²) >= 11 is 3.13. The number of nitrogens with zero attached hydrogens (tertiary/aromatic N) is 1. The lowest BCUT2D eigenvalue weighted by Crippen LogP contribution is -2.07. The number of aromatic amines is 1. The first-order chi connectivity index (χ1) is 10.6. The Morgan fingerprint density at radius 2 is 2.00 bits per heavy atom. The topological polar surface area (TPSA) is 57.8 Å². The van der Waals surface area contributed by atoms with Crippen LogP contribution in [-0.4, -0.2) is 14.2 Å². The van der Waals surface area contributed by atoms with Crippen molar-refractivity contribution in [3.63, 3.8) is 0 Å². The van der Waals surface area contributed by atoms with E-state index < -0.39 is 16.8 Å². The number of benzene rings is 1. The minimum Gasteiger partial charge on any atom is -0.360 e. The third-order valence-corrected chi connectivity index (χ3v) is 4.43. The highest BCUT2D eigenvalue weighted by molar-refractivity contribution is 9.10. The number of nitrogens with one attached hydrogen (secondary N) is 2. The summed E-state index contributed by atoms with van der Waals surface area (Å²) in [6.07, 6.45) is 3.07. The van der Waals surface area contributed by atoms with Gasteiger partial charge >= 0.3 is 0 Å². The van der Waals surface area contributed by atoms with E-state index in [1.54, 1.807) is 12.3 Å². The van der Waals surface area contributed by atoms with E-state index in [0.29, 0.717) is 9.37 Å². The summed E-state index contributed by atoms with van der Waals surface area (Å²) in [5.41, 5.74) is 1.83. The van der Waals surface area contributed by atoms with Crippen molar-refractivity contribution in [3.05, 3.63) is 65.1 Å². The average molecular weight is 380 g/mol. The zero-order valence-corrected chi connectivity index (χ0v) is 13.6. The molecule has 0 aliphatic carbocycles. The van der Waals surface area contributed by atoms with Crippen LogP contribution < -0.4 is 4.72 Å². The zero-order chi connectivity index (χ0) is 15.5. The van der Waals surface area contributed by atoms with E-state index in [2.05, 4.69) is 30.6 Å². The minimum absolute atomic E-state index is 0.0519. The van der Waals surface area contributed by atoms with Crippen molar-refractivity contribution in [1.82, 2.24) is 9.97 Å². The number of rotatable bonds is 4. The van der Waals surface area contributed by atoms with E-state index in [0.717, 1.165) is 11.3 Å². The van der Waals surface area contributed by atoms with Crippen LogP contribution >= 0.6 is 15.9 Å². The Morgan fingerprint density at radius 3 is 2.73 bits per heavy atom. The third kappa shape index (κ3) is 3.26. The molecule has 22 heavy (non-hydrogen) atoms. The van der Waals surface area contributed by atoms with Crippen molar-refractivity contribution in [2.24, 2.45) is 0 Å². The number of halogens is 2. The molecule has 7 heteroatoms. The predicted molar refractivity (Wildman–Crippen MR) is 88.2 cm³/mol. The van der Waals surface area contributed by atoms with Crippen LogP contribution in [0.25, 0.3) is 11.3 Å². The molecule has 2 heterocycles. The van der Waals surface area contributed by atoms with Gasteiger partial charge in [0.2, 0.25) is 0 Å². The van der Waals surface area contributed by atoms with Crippen molar-refractivity contribution in [2.45, 2.75) is 4.90 Å². The van der Waals surface area contributed by atoms with Crippen molar-refractivity contribution in [1.29, 1.82) is 0 Å². The summed E-state index contributed by atoms with van der Waals surface area (Å²) in [5, 5.41) is 0. The van der Waals surface area contributed by atoms with E-state index in [-0.39, 0.29) is 5.82 Å². The van der Waals surface area contributed by atoms with Gasteiger partial charge in [-0.25, -0.2) is 13.6 Å². The van der Waals surface area contributed by atoms with Gasteiger partial charge < -0.3 is 4.98 Å². The summed E-state index contributed by atoms with van der Waals surface area (Å²) in [7, 11) is -1.60. The van der Waals surface area contributed by atoms with E-state index in [1.807, 2.05) is 30.3 Å². The Labute approximate surface area is 137 Å². The summed E-state index contributed by atoms with van der Waals surface area (Å²) in [6, 6.07) is 12.7. The lowest BCUT2D eigenvalue weighted by atomic mass is 10.2. The summed E-state index contributed by atoms with van der Waals surface area (Å²) in [5.74, 6) is -0.620. The van der Waals surface area contributed by atoms with Crippen LogP contribution in [0.2, 0.25) is 0 Å². The normalized spacial score (nSPS) is 12.1. The second-order valence-electron chi connectivity index (χ2n) is 4.47. The van der Waals surface area contributed by atoms with Gasteiger partial charge in [-0.2, -0.15) is 0 Å². The highest BCUT2D eigenvalue weighted by Crippen LogP contribution is 2.22. The number of anilines is 1. The molecule has 0 saturated heterocycles. The molecule has 3 rings (SSSR count). The zero-order valence-electron chi connectivity index (χ0n) is 11.2. The molecular formula is C15H11BrFN3OS. The van der Waals surface area contributed by atoms with Crippen molar-refractivity contribution in [3.8, 4) is 11.3 Å². The minimum atomic E-state index is -1.60. The molecule has 0 bridgehead atoms. The summed E-state index contributed by atoms with van der Waals surface area (Å²) < 4.78 is 29.0. The molecule has 0 radical (unpaired) electrons. The number of aromatic nitrogens is 2. The monoisotopic (exact) mass is 379 g/mol. The van der Waals surface area contributed by atoms with Crippen LogP contribution in [0.4, 0.5) is 10.2 Å². The van der Waals surface area contributed by atoms with Gasteiger partial charge in [0.1, 0.15) is 0 Å². The van der Waals surface area contributed by atoms with Crippen LogP contribution in [-0.2, 0) is 11.0 Å². The van der Waals surface area contributed by atoms with E-state index in [1.165, 1.54) is 12.3 Å². The number of pyridine rings is 1. The van der Waals surface area contributed by atoms with Gasteiger partial charge in [-0.15, -0.1) is 0 Å². The highest BCUT2D eigenvalue weighted by atomic mass is 79.9. The molecule has 0 aliphatic rings. The molecule has 3 aromatic rings. The molecule has 0 fully saturated rings. The molecule has 1 unspecified atom stereocenters. The summed E-state index contributed by atoms with van der Waals surface area (Å²) in [4.78, 5) is 7.45. The van der Waals surface area contributed by atoms with E-state index >= 15 is 0 Å². The van der Waals surface area contributed by atoms with Gasteiger partial charge in [-0.05, 0) is 33.6 Å². The number of hydrogen-bond donors (Lipinski definition) is 2. The summed E-state index contributed by atoms with van der Waals surface area (Å²) in [6.45, 7) is 0. The van der Waals surface area contributed by atoms with Crippen LogP contribution in [0.5, 0.6) is 0 Å². The molecule has 1 atom stereocenters. The first-order valence-electron chi connectivity index (χ1n) is 6.37. The molecule has 0 saturated carbocycles. The molecule has 2 aromatic heterocycles. The van der Waals surface area contributed by atoms with Gasteiger partial charge in [-0.3, -0.25) is 4.72 Å². The van der Waals surface area contributed by atoms with Crippen LogP contribution in [0.1, 0.15) is 0 Å². The SMILES string of the molecule is O=S(Nc1ncc(Br)cc1F)c1c[nH]c(-c2ccccc2)c1. The largest absolute Gasteiger partial charge is 0.360 e. The van der Waals surface area contributed by atoms with Gasteiger partial charge in [-0.1, -0.05) is 30.3 Å². The Morgan fingerprint density at radius 1 is 1.23 bits per heavy atom. The van der Waals surface area contributed by atoms with Gasteiger partial charge in [0.15, 0.2) is 22.6 Å². The Balaban J connectivity index is 1.80. The maximum Gasteiger partial charge on any atom is 0.174 e. The van der Waals surface area contributed by atoms with Crippen molar-refractivity contribution < 1.29 is 8.60 Å². The fourth-order valence-corrected chi connectivity index (χ4v) is 3.04. The quantitative estimate of drug-likeness (QED) is 0.716. The maximum atomic E-state index is 13.7. The van der Waals surface area contributed by atoms with Crippen LogP contribution in [0.15, 0.2) is 64.2 Å². The van der Waals surface area contributed by atoms with Gasteiger partial charge in [0.05, 0.1) is 4.90 Å². The highest BCUT2D eigenvalue weighted by Gasteiger charge is 2.12. The fourth-order valence-electron chi connectivity index (χ4n) is 1.90. The second-order valence-corrected chi connectivity index (χ2v) is 6.60. The smallest absolute Gasteiger partial charge is 0.174 e. The maximum absolute atomic E-state index is 13.7. The van der Waals surface area contributed by atoms with Crippen LogP contribution in [0.3, 0.4) is 0 Å². The first kappa shape index (κ1) is 14.9. The van der Waals surface area contributed by atoms with Gasteiger partial charge in [0, 0.05) is 22.6 Å². The fraction of sp³-hybridized carbons (Fsp3) is 0.